The quantitative estimate of drug-likeness (QED) is 0.286. The van der Waals surface area contributed by atoms with Crippen molar-refractivity contribution in [2.75, 3.05) is 7.11 Å². The average Bonchev–Trinajstić information content (AvgIpc) is 3.39. The fourth-order valence-corrected chi connectivity index (χ4v) is 5.90. The Hall–Kier alpha value is -3.64. The maximum Gasteiger partial charge on any atom is 0.170 e. The number of methoxy groups -OCH3 is 1. The van der Waals surface area contributed by atoms with Gasteiger partial charge in [0.1, 0.15) is 5.75 Å². The highest BCUT2D eigenvalue weighted by molar-refractivity contribution is 7.80. The van der Waals surface area contributed by atoms with Gasteiger partial charge in [0.15, 0.2) is 5.11 Å². The molecule has 6 heteroatoms. The summed E-state index contributed by atoms with van der Waals surface area (Å²) in [6, 6.07) is 23.2. The van der Waals surface area contributed by atoms with Crippen LogP contribution in [0.5, 0.6) is 5.75 Å². The molecule has 3 heterocycles. The molecule has 0 amide bonds. The Bertz CT molecular complexity index is 1410. The first-order valence-corrected chi connectivity index (χ1v) is 13.2. The van der Waals surface area contributed by atoms with Crippen molar-refractivity contribution in [1.29, 1.82) is 0 Å². The third-order valence-electron chi connectivity index (χ3n) is 7.42. The smallest absolute Gasteiger partial charge is 0.170 e. The maximum atomic E-state index is 5.93. The molecule has 37 heavy (non-hydrogen) atoms. The zero-order valence-electron chi connectivity index (χ0n) is 22.2. The molecule has 1 N–H and O–H groups in total. The first-order chi connectivity index (χ1) is 17.9. The van der Waals surface area contributed by atoms with Gasteiger partial charge < -0.3 is 19.5 Å². The first kappa shape index (κ1) is 25.0. The molecular formula is C31H34N4OS. The van der Waals surface area contributed by atoms with Crippen molar-refractivity contribution in [3.63, 3.8) is 0 Å². The lowest BCUT2D eigenvalue weighted by Gasteiger charge is -2.28. The van der Waals surface area contributed by atoms with Crippen LogP contribution in [0.15, 0.2) is 72.9 Å². The van der Waals surface area contributed by atoms with Gasteiger partial charge >= 0.3 is 0 Å². The number of aromatic nitrogens is 2. The van der Waals surface area contributed by atoms with E-state index in [0.717, 1.165) is 23.0 Å². The number of ether oxygens (including phenoxy) is 1. The summed E-state index contributed by atoms with van der Waals surface area (Å²) in [5.41, 5.74) is 9.81. The summed E-state index contributed by atoms with van der Waals surface area (Å²) in [6.07, 6.45) is 2.84. The second kappa shape index (κ2) is 10.4. The van der Waals surface area contributed by atoms with E-state index in [0.29, 0.717) is 6.54 Å². The Kier molecular flexibility index (Phi) is 7.02. The molecular weight excluding hydrogens is 476 g/mol. The standard InChI is InChI=1S/C31H34N4OS/c1-6-24-11-9-10-20(2)29(24)35-21(3)18-26(22(35)4)30-28(27-12-7-8-17-32-27)33-31(37)34(30)19-23-13-15-25(36-5)16-14-23/h7-18,28,30H,6,19H2,1-5H3,(H,33,37). The number of rotatable bonds is 7. The zero-order valence-corrected chi connectivity index (χ0v) is 23.0. The molecule has 2 aromatic heterocycles. The number of nitrogens with zero attached hydrogens (tertiary/aromatic N) is 3. The third-order valence-corrected chi connectivity index (χ3v) is 7.78. The Morgan fingerprint density at radius 2 is 1.78 bits per heavy atom. The average molecular weight is 511 g/mol. The summed E-state index contributed by atoms with van der Waals surface area (Å²) >= 11 is 5.93. The molecule has 0 radical (unpaired) electrons. The lowest BCUT2D eigenvalue weighted by atomic mass is 9.96. The number of para-hydroxylation sites is 1. The topological polar surface area (TPSA) is 42.3 Å². The molecule has 5 rings (SSSR count). The van der Waals surface area contributed by atoms with Gasteiger partial charge in [0.2, 0.25) is 0 Å². The number of nitrogens with one attached hydrogen (secondary N) is 1. The van der Waals surface area contributed by atoms with Crippen molar-refractivity contribution in [2.45, 2.75) is 52.7 Å². The maximum absolute atomic E-state index is 5.93. The lowest BCUT2D eigenvalue weighted by Crippen LogP contribution is -2.29. The van der Waals surface area contributed by atoms with Crippen molar-refractivity contribution < 1.29 is 4.74 Å². The van der Waals surface area contributed by atoms with Gasteiger partial charge in [-0.2, -0.15) is 0 Å². The fraction of sp³-hybridized carbons (Fsp3) is 0.290. The normalized spacial score (nSPS) is 17.2. The molecule has 0 bridgehead atoms. The second-order valence-electron chi connectivity index (χ2n) is 9.70. The minimum atomic E-state index is -0.0524. The van der Waals surface area contributed by atoms with Gasteiger partial charge in [0, 0.05) is 24.1 Å². The van der Waals surface area contributed by atoms with E-state index in [2.05, 4.69) is 84.9 Å². The van der Waals surface area contributed by atoms with Crippen LogP contribution in [0.4, 0.5) is 0 Å². The van der Waals surface area contributed by atoms with E-state index >= 15 is 0 Å². The number of aryl methyl sites for hydroxylation is 3. The summed E-state index contributed by atoms with van der Waals surface area (Å²) in [4.78, 5) is 7.03. The van der Waals surface area contributed by atoms with Gasteiger partial charge in [0.25, 0.3) is 0 Å². The molecule has 190 valence electrons. The van der Waals surface area contributed by atoms with Gasteiger partial charge in [-0.3, -0.25) is 4.98 Å². The molecule has 2 unspecified atom stereocenters. The minimum absolute atomic E-state index is 0.00135. The summed E-state index contributed by atoms with van der Waals surface area (Å²) in [7, 11) is 1.69. The van der Waals surface area contributed by atoms with E-state index in [1.165, 1.54) is 39.3 Å². The van der Waals surface area contributed by atoms with E-state index in [-0.39, 0.29) is 12.1 Å². The Labute approximate surface area is 225 Å². The van der Waals surface area contributed by atoms with Crippen LogP contribution in [0.1, 0.15) is 58.3 Å². The van der Waals surface area contributed by atoms with Gasteiger partial charge in [-0.05, 0) is 92.0 Å². The highest BCUT2D eigenvalue weighted by Gasteiger charge is 2.41. The highest BCUT2D eigenvalue weighted by atomic mass is 32.1. The molecule has 0 spiro atoms. The van der Waals surface area contributed by atoms with Gasteiger partial charge in [0.05, 0.1) is 30.6 Å². The Balaban J connectivity index is 1.63. The number of hydrogen-bond donors (Lipinski definition) is 1. The van der Waals surface area contributed by atoms with Crippen molar-refractivity contribution in [2.24, 2.45) is 0 Å². The first-order valence-electron chi connectivity index (χ1n) is 12.8. The van der Waals surface area contributed by atoms with E-state index in [1.807, 2.05) is 30.5 Å². The fourth-order valence-electron chi connectivity index (χ4n) is 5.60. The number of thiocarbonyl (C=S) groups is 1. The van der Waals surface area contributed by atoms with Crippen LogP contribution < -0.4 is 10.1 Å². The largest absolute Gasteiger partial charge is 0.497 e. The molecule has 2 atom stereocenters. The van der Waals surface area contributed by atoms with Crippen LogP contribution in [0.3, 0.4) is 0 Å². The van der Waals surface area contributed by atoms with E-state index in [1.54, 1.807) is 7.11 Å². The Morgan fingerprint density at radius 1 is 1.00 bits per heavy atom. The third kappa shape index (κ3) is 4.62. The van der Waals surface area contributed by atoms with Crippen molar-refractivity contribution >= 4 is 17.3 Å². The number of hydrogen-bond acceptors (Lipinski definition) is 3. The zero-order chi connectivity index (χ0) is 26.1. The predicted octanol–water partition coefficient (Wildman–Crippen LogP) is 6.54. The monoisotopic (exact) mass is 510 g/mol. The summed E-state index contributed by atoms with van der Waals surface area (Å²) in [5, 5.41) is 4.34. The molecule has 1 aliphatic rings. The lowest BCUT2D eigenvalue weighted by molar-refractivity contribution is 0.310. The predicted molar refractivity (Wildman–Crippen MR) is 153 cm³/mol. The van der Waals surface area contributed by atoms with Crippen LogP contribution in [0.25, 0.3) is 5.69 Å². The van der Waals surface area contributed by atoms with E-state index in [9.17, 15) is 0 Å². The van der Waals surface area contributed by atoms with Crippen LogP contribution in [0.2, 0.25) is 0 Å². The van der Waals surface area contributed by atoms with Gasteiger partial charge in [-0.1, -0.05) is 43.3 Å². The highest BCUT2D eigenvalue weighted by Crippen LogP contribution is 2.42. The molecule has 2 aromatic carbocycles. The minimum Gasteiger partial charge on any atom is -0.497 e. The summed E-state index contributed by atoms with van der Waals surface area (Å²) < 4.78 is 7.79. The van der Waals surface area contributed by atoms with Gasteiger partial charge in [-0.25, -0.2) is 0 Å². The van der Waals surface area contributed by atoms with Crippen molar-refractivity contribution in [3.05, 3.63) is 112 Å². The Morgan fingerprint density at radius 3 is 2.46 bits per heavy atom. The summed E-state index contributed by atoms with van der Waals surface area (Å²) in [6.45, 7) is 9.55. The number of benzene rings is 2. The SMILES string of the molecule is CCc1cccc(C)c1-n1c(C)cc(C2C(c3ccccn3)NC(=S)N2Cc2ccc(OC)cc2)c1C. The van der Waals surface area contributed by atoms with Crippen LogP contribution in [0, 0.1) is 20.8 Å². The molecule has 1 aliphatic heterocycles. The molecule has 4 aromatic rings. The summed E-state index contributed by atoms with van der Waals surface area (Å²) in [5.74, 6) is 0.849. The van der Waals surface area contributed by atoms with Crippen LogP contribution >= 0.6 is 12.2 Å². The van der Waals surface area contributed by atoms with Crippen LogP contribution in [-0.2, 0) is 13.0 Å². The molecule has 0 saturated carbocycles. The number of pyridine rings is 1. The van der Waals surface area contributed by atoms with E-state index < -0.39 is 0 Å². The van der Waals surface area contributed by atoms with Crippen LogP contribution in [-0.4, -0.2) is 26.7 Å². The second-order valence-corrected chi connectivity index (χ2v) is 10.1. The molecule has 0 aliphatic carbocycles. The molecule has 1 fully saturated rings. The molecule has 5 nitrogen and oxygen atoms in total. The van der Waals surface area contributed by atoms with Gasteiger partial charge in [-0.15, -0.1) is 0 Å². The molecule has 1 saturated heterocycles. The van der Waals surface area contributed by atoms with Crippen molar-refractivity contribution in [1.82, 2.24) is 19.8 Å². The van der Waals surface area contributed by atoms with E-state index in [4.69, 9.17) is 21.9 Å². The van der Waals surface area contributed by atoms with Crippen molar-refractivity contribution in [3.8, 4) is 11.4 Å².